The zero-order valence-electron chi connectivity index (χ0n) is 10.6. The normalized spacial score (nSPS) is 32.6. The van der Waals surface area contributed by atoms with E-state index >= 15 is 0 Å². The fourth-order valence-corrected chi connectivity index (χ4v) is 3.24. The number of hydrogen-bond acceptors (Lipinski definition) is 2. The number of aryl methyl sites for hydroxylation is 1. The van der Waals surface area contributed by atoms with Crippen molar-refractivity contribution in [3.8, 4) is 0 Å². The van der Waals surface area contributed by atoms with Crippen molar-refractivity contribution in [2.45, 2.75) is 46.1 Å². The lowest BCUT2D eigenvalue weighted by molar-refractivity contribution is 0.183. The summed E-state index contributed by atoms with van der Waals surface area (Å²) < 4.78 is 5.52. The Bertz CT molecular complexity index is 334. The van der Waals surface area contributed by atoms with Crippen molar-refractivity contribution >= 4 is 0 Å². The molecule has 16 heavy (non-hydrogen) atoms. The van der Waals surface area contributed by atoms with Gasteiger partial charge in [0, 0.05) is 0 Å². The van der Waals surface area contributed by atoms with Crippen molar-refractivity contribution in [2.75, 3.05) is 0 Å². The second-order valence-corrected chi connectivity index (χ2v) is 5.67. The van der Waals surface area contributed by atoms with Crippen molar-refractivity contribution in [1.29, 1.82) is 0 Å². The molecule has 3 unspecified atom stereocenters. The van der Waals surface area contributed by atoms with Gasteiger partial charge in [-0.2, -0.15) is 0 Å². The van der Waals surface area contributed by atoms with Crippen molar-refractivity contribution < 1.29 is 4.42 Å². The van der Waals surface area contributed by atoms with E-state index in [1.165, 1.54) is 24.8 Å². The van der Waals surface area contributed by atoms with Crippen LogP contribution in [0.25, 0.3) is 0 Å². The zero-order chi connectivity index (χ0) is 11.7. The van der Waals surface area contributed by atoms with Crippen molar-refractivity contribution in [1.82, 2.24) is 0 Å². The van der Waals surface area contributed by atoms with Gasteiger partial charge in [0.1, 0.15) is 5.76 Å². The largest absolute Gasteiger partial charge is 0.467 e. The van der Waals surface area contributed by atoms with Crippen molar-refractivity contribution in [2.24, 2.45) is 23.5 Å². The maximum absolute atomic E-state index is 6.35. The van der Waals surface area contributed by atoms with Crippen LogP contribution in [0.2, 0.25) is 0 Å². The van der Waals surface area contributed by atoms with Crippen LogP contribution in [0.1, 0.15) is 50.5 Å². The molecular weight excluding hydrogens is 198 g/mol. The highest BCUT2D eigenvalue weighted by Crippen LogP contribution is 2.39. The minimum Gasteiger partial charge on any atom is -0.467 e. The van der Waals surface area contributed by atoms with Gasteiger partial charge in [-0.25, -0.2) is 0 Å². The van der Waals surface area contributed by atoms with E-state index in [2.05, 4.69) is 20.8 Å². The third kappa shape index (κ3) is 2.32. The second kappa shape index (κ2) is 4.62. The van der Waals surface area contributed by atoms with Gasteiger partial charge >= 0.3 is 0 Å². The van der Waals surface area contributed by atoms with E-state index in [4.69, 9.17) is 10.2 Å². The molecule has 0 bridgehead atoms. The van der Waals surface area contributed by atoms with Crippen LogP contribution in [0.4, 0.5) is 0 Å². The molecule has 0 amide bonds. The van der Waals surface area contributed by atoms with Crippen LogP contribution in [0, 0.1) is 24.7 Å². The molecule has 2 nitrogen and oxygen atoms in total. The van der Waals surface area contributed by atoms with E-state index in [0.29, 0.717) is 5.92 Å². The third-order valence-corrected chi connectivity index (χ3v) is 3.93. The molecule has 1 aliphatic rings. The topological polar surface area (TPSA) is 39.2 Å². The Labute approximate surface area is 98.2 Å². The average Bonchev–Trinajstić information content (AvgIpc) is 2.62. The van der Waals surface area contributed by atoms with E-state index in [0.717, 1.165) is 17.6 Å². The fourth-order valence-electron chi connectivity index (χ4n) is 3.24. The highest BCUT2D eigenvalue weighted by Gasteiger charge is 2.30. The van der Waals surface area contributed by atoms with Gasteiger partial charge in [0.25, 0.3) is 0 Å². The highest BCUT2D eigenvalue weighted by atomic mass is 16.3. The van der Waals surface area contributed by atoms with Gasteiger partial charge in [0.15, 0.2) is 0 Å². The Morgan fingerprint density at radius 2 is 1.88 bits per heavy atom. The summed E-state index contributed by atoms with van der Waals surface area (Å²) in [5, 5.41) is 0. The van der Waals surface area contributed by atoms with E-state index < -0.39 is 0 Å². The molecule has 1 aliphatic carbocycles. The quantitative estimate of drug-likeness (QED) is 0.827. The molecule has 0 spiro atoms. The minimum atomic E-state index is 0.0835. The average molecular weight is 221 g/mol. The Hall–Kier alpha value is -0.760. The molecule has 1 aromatic rings. The first-order chi connectivity index (χ1) is 7.58. The molecule has 2 rings (SSSR count). The Balaban J connectivity index is 2.10. The molecule has 90 valence electrons. The first-order valence-corrected chi connectivity index (χ1v) is 6.37. The summed E-state index contributed by atoms with van der Waals surface area (Å²) in [5.41, 5.74) is 7.54. The molecule has 1 aromatic heterocycles. The molecule has 0 radical (unpaired) electrons. The summed E-state index contributed by atoms with van der Waals surface area (Å²) in [5.74, 6) is 3.18. The van der Waals surface area contributed by atoms with Gasteiger partial charge in [0.05, 0.1) is 12.3 Å². The van der Waals surface area contributed by atoms with Crippen LogP contribution < -0.4 is 5.73 Å². The Morgan fingerprint density at radius 3 is 2.38 bits per heavy atom. The van der Waals surface area contributed by atoms with E-state index in [-0.39, 0.29) is 6.04 Å². The minimum absolute atomic E-state index is 0.0835. The van der Waals surface area contributed by atoms with Gasteiger partial charge in [0.2, 0.25) is 0 Å². The monoisotopic (exact) mass is 221 g/mol. The molecular formula is C14H23NO. The molecule has 1 fully saturated rings. The van der Waals surface area contributed by atoms with E-state index in [1.54, 1.807) is 6.26 Å². The smallest absolute Gasteiger partial charge is 0.123 e. The molecule has 2 heteroatoms. The van der Waals surface area contributed by atoms with Crippen LogP contribution in [0.3, 0.4) is 0 Å². The Morgan fingerprint density at radius 1 is 1.25 bits per heavy atom. The number of nitrogens with two attached hydrogens (primary N) is 1. The summed E-state index contributed by atoms with van der Waals surface area (Å²) in [7, 11) is 0. The number of furan rings is 1. The summed E-state index contributed by atoms with van der Waals surface area (Å²) in [6, 6.07) is 2.09. The van der Waals surface area contributed by atoms with Gasteiger partial charge in [-0.1, -0.05) is 13.8 Å². The van der Waals surface area contributed by atoms with Crippen LogP contribution in [0.15, 0.2) is 16.7 Å². The maximum atomic E-state index is 6.35. The second-order valence-electron chi connectivity index (χ2n) is 5.67. The molecule has 1 heterocycles. The lowest BCUT2D eigenvalue weighted by Crippen LogP contribution is -2.29. The maximum Gasteiger partial charge on any atom is 0.123 e. The van der Waals surface area contributed by atoms with Gasteiger partial charge in [-0.3, -0.25) is 0 Å². The molecule has 3 atom stereocenters. The van der Waals surface area contributed by atoms with Crippen molar-refractivity contribution in [3.63, 3.8) is 0 Å². The fraction of sp³-hybridized carbons (Fsp3) is 0.714. The highest BCUT2D eigenvalue weighted by molar-refractivity contribution is 5.18. The first kappa shape index (κ1) is 11.7. The van der Waals surface area contributed by atoms with Gasteiger partial charge in [-0.05, 0) is 55.6 Å². The first-order valence-electron chi connectivity index (χ1n) is 6.37. The summed E-state index contributed by atoms with van der Waals surface area (Å²) in [6.45, 7) is 6.75. The molecule has 2 N–H and O–H groups in total. The zero-order valence-corrected chi connectivity index (χ0v) is 10.6. The Kier molecular flexibility index (Phi) is 3.38. The van der Waals surface area contributed by atoms with Crippen LogP contribution in [0.5, 0.6) is 0 Å². The predicted molar refractivity (Wildman–Crippen MR) is 66.0 cm³/mol. The number of rotatable bonds is 2. The third-order valence-electron chi connectivity index (χ3n) is 3.93. The SMILES string of the molecule is Cc1ccoc1C(N)C1CC(C)CC(C)C1. The van der Waals surface area contributed by atoms with Crippen LogP contribution in [-0.4, -0.2) is 0 Å². The summed E-state index contributed by atoms with van der Waals surface area (Å²) in [4.78, 5) is 0. The molecule has 0 saturated heterocycles. The van der Waals surface area contributed by atoms with Gasteiger partial charge < -0.3 is 10.2 Å². The summed E-state index contributed by atoms with van der Waals surface area (Å²) >= 11 is 0. The standard InChI is InChI=1S/C14H23NO/c1-9-6-10(2)8-12(7-9)13(15)14-11(3)4-5-16-14/h4-5,9-10,12-13H,6-8,15H2,1-3H3. The van der Waals surface area contributed by atoms with Gasteiger partial charge in [-0.15, -0.1) is 0 Å². The molecule has 1 saturated carbocycles. The lowest BCUT2D eigenvalue weighted by Gasteiger charge is -2.34. The van der Waals surface area contributed by atoms with E-state index in [9.17, 15) is 0 Å². The van der Waals surface area contributed by atoms with Crippen LogP contribution in [-0.2, 0) is 0 Å². The lowest BCUT2D eigenvalue weighted by atomic mass is 9.73. The molecule has 0 aromatic carbocycles. The molecule has 0 aliphatic heterocycles. The van der Waals surface area contributed by atoms with Crippen molar-refractivity contribution in [3.05, 3.63) is 23.7 Å². The van der Waals surface area contributed by atoms with E-state index in [1.807, 2.05) is 6.07 Å². The predicted octanol–water partition coefficient (Wildman–Crippen LogP) is 3.66. The summed E-state index contributed by atoms with van der Waals surface area (Å²) in [6.07, 6.45) is 5.58. The number of hydrogen-bond donors (Lipinski definition) is 1. The van der Waals surface area contributed by atoms with Crippen LogP contribution >= 0.6 is 0 Å².